The van der Waals surface area contributed by atoms with Crippen molar-refractivity contribution in [1.82, 2.24) is 4.90 Å². The normalized spacial score (nSPS) is 10.2. The molecule has 0 aromatic rings. The van der Waals surface area contributed by atoms with Gasteiger partial charge in [0.05, 0.1) is 0 Å². The average Bonchev–Trinajstić information content (AvgIpc) is 2.26. The maximum atomic E-state index is 7.26. The van der Waals surface area contributed by atoms with E-state index >= 15 is 0 Å². The molecular weight excluding hydrogens is 214 g/mol. The quantitative estimate of drug-likeness (QED) is 0.283. The van der Waals surface area contributed by atoms with Crippen LogP contribution in [0.1, 0.15) is 58.3 Å². The number of unbranched alkanes of at least 4 members (excludes halogenated alkanes) is 7. The van der Waals surface area contributed by atoms with Gasteiger partial charge in [0.25, 0.3) is 0 Å². The predicted molar refractivity (Wildman–Crippen MR) is 73.1 cm³/mol. The van der Waals surface area contributed by atoms with Gasteiger partial charge in [-0.25, -0.2) is 0 Å². The van der Waals surface area contributed by atoms with Crippen LogP contribution in [0.2, 0.25) is 0 Å². The number of hydrogen-bond acceptors (Lipinski definition) is 2. The topological polar surface area (TPSA) is 103 Å². The number of nitrogens with two attached hydrogens (primary N) is 2. The third kappa shape index (κ3) is 8.54. The lowest BCUT2D eigenvalue weighted by Gasteiger charge is -2.19. The Kier molecular flexibility index (Phi) is 9.19. The Hall–Kier alpha value is -1.26. The van der Waals surface area contributed by atoms with Gasteiger partial charge in [0.1, 0.15) is 0 Å². The summed E-state index contributed by atoms with van der Waals surface area (Å²) in [6.45, 7) is 2.80. The Morgan fingerprint density at radius 3 is 1.65 bits per heavy atom. The minimum atomic E-state index is -0.138. The van der Waals surface area contributed by atoms with Crippen LogP contribution in [0.4, 0.5) is 0 Å². The van der Waals surface area contributed by atoms with E-state index in [1.807, 2.05) is 0 Å². The molecule has 0 saturated heterocycles. The molecule has 0 spiro atoms. The monoisotopic (exact) mass is 241 g/mol. The smallest absolute Gasteiger partial charge is 0.195 e. The van der Waals surface area contributed by atoms with E-state index in [0.29, 0.717) is 6.54 Å². The third-order valence-corrected chi connectivity index (χ3v) is 2.82. The van der Waals surface area contributed by atoms with Gasteiger partial charge in [0, 0.05) is 6.54 Å². The van der Waals surface area contributed by atoms with Crippen molar-refractivity contribution < 1.29 is 0 Å². The Balaban J connectivity index is 3.43. The zero-order valence-electron chi connectivity index (χ0n) is 11.0. The molecule has 0 aliphatic heterocycles. The summed E-state index contributed by atoms with van der Waals surface area (Å²) in [6, 6.07) is 0. The van der Waals surface area contributed by atoms with Crippen LogP contribution in [0.25, 0.3) is 0 Å². The molecule has 0 aromatic heterocycles. The van der Waals surface area contributed by atoms with Gasteiger partial charge in [0.2, 0.25) is 0 Å². The molecule has 0 aliphatic rings. The summed E-state index contributed by atoms with van der Waals surface area (Å²) in [5.41, 5.74) is 10.6. The molecule has 0 amide bonds. The maximum absolute atomic E-state index is 7.26. The molecule has 0 bridgehead atoms. The minimum absolute atomic E-state index is 0.138. The zero-order chi connectivity index (χ0) is 13.1. The number of nitrogens with one attached hydrogen (secondary N) is 2. The first-order valence-corrected chi connectivity index (χ1v) is 6.55. The van der Waals surface area contributed by atoms with Gasteiger partial charge in [0.15, 0.2) is 11.9 Å². The van der Waals surface area contributed by atoms with E-state index in [9.17, 15) is 0 Å². The number of nitrogens with zero attached hydrogens (tertiary/aromatic N) is 1. The molecule has 0 aliphatic carbocycles. The second-order valence-corrected chi connectivity index (χ2v) is 4.40. The summed E-state index contributed by atoms with van der Waals surface area (Å²) in [6.07, 6.45) is 9.82. The van der Waals surface area contributed by atoms with Crippen LogP contribution in [0, 0.1) is 10.8 Å². The van der Waals surface area contributed by atoms with Gasteiger partial charge >= 0.3 is 0 Å². The van der Waals surface area contributed by atoms with Crippen LogP contribution in [0.15, 0.2) is 0 Å². The van der Waals surface area contributed by atoms with Crippen LogP contribution in [-0.2, 0) is 0 Å². The lowest BCUT2D eigenvalue weighted by atomic mass is 10.1. The fraction of sp³-hybridized carbons (Fsp3) is 0.833. The molecule has 0 unspecified atom stereocenters. The van der Waals surface area contributed by atoms with Crippen molar-refractivity contribution in [2.75, 3.05) is 6.54 Å². The maximum Gasteiger partial charge on any atom is 0.195 e. The molecule has 6 N–H and O–H groups in total. The summed E-state index contributed by atoms with van der Waals surface area (Å²) in [5.74, 6) is -0.277. The highest BCUT2D eigenvalue weighted by molar-refractivity contribution is 5.94. The van der Waals surface area contributed by atoms with Gasteiger partial charge in [-0.05, 0) is 6.42 Å². The van der Waals surface area contributed by atoms with Gasteiger partial charge in [-0.3, -0.25) is 15.7 Å². The van der Waals surface area contributed by atoms with Crippen LogP contribution in [0.5, 0.6) is 0 Å². The summed E-state index contributed by atoms with van der Waals surface area (Å²) >= 11 is 0. The van der Waals surface area contributed by atoms with Gasteiger partial charge in [-0.2, -0.15) is 0 Å². The van der Waals surface area contributed by atoms with Crippen LogP contribution >= 0.6 is 0 Å². The Morgan fingerprint density at radius 2 is 1.24 bits per heavy atom. The minimum Gasteiger partial charge on any atom is -0.370 e. The van der Waals surface area contributed by atoms with Crippen LogP contribution in [-0.4, -0.2) is 23.4 Å². The highest BCUT2D eigenvalue weighted by atomic mass is 15.3. The summed E-state index contributed by atoms with van der Waals surface area (Å²) < 4.78 is 0. The molecule has 0 aromatic carbocycles. The Labute approximate surface area is 105 Å². The highest BCUT2D eigenvalue weighted by Crippen LogP contribution is 2.08. The Morgan fingerprint density at radius 1 is 0.824 bits per heavy atom. The van der Waals surface area contributed by atoms with Gasteiger partial charge < -0.3 is 11.5 Å². The lowest BCUT2D eigenvalue weighted by molar-refractivity contribution is 0.512. The molecule has 17 heavy (non-hydrogen) atoms. The number of hydrogen-bond donors (Lipinski definition) is 4. The van der Waals surface area contributed by atoms with E-state index in [2.05, 4.69) is 6.92 Å². The van der Waals surface area contributed by atoms with E-state index < -0.39 is 0 Å². The molecule has 0 rings (SSSR count). The molecule has 0 radical (unpaired) electrons. The first-order valence-electron chi connectivity index (χ1n) is 6.55. The van der Waals surface area contributed by atoms with E-state index in [-0.39, 0.29) is 11.9 Å². The van der Waals surface area contributed by atoms with Crippen molar-refractivity contribution in [3.8, 4) is 0 Å². The molecule has 0 heterocycles. The molecule has 100 valence electrons. The number of guanidine groups is 2. The van der Waals surface area contributed by atoms with Crippen LogP contribution in [0.3, 0.4) is 0 Å². The second kappa shape index (κ2) is 9.93. The first-order chi connectivity index (χ1) is 8.09. The van der Waals surface area contributed by atoms with Gasteiger partial charge in [-0.15, -0.1) is 0 Å². The van der Waals surface area contributed by atoms with Crippen molar-refractivity contribution >= 4 is 11.9 Å². The lowest BCUT2D eigenvalue weighted by Crippen LogP contribution is -2.45. The van der Waals surface area contributed by atoms with E-state index in [1.165, 1.54) is 43.4 Å². The summed E-state index contributed by atoms with van der Waals surface area (Å²) in [5, 5.41) is 14.5. The van der Waals surface area contributed by atoms with Crippen LogP contribution < -0.4 is 11.5 Å². The van der Waals surface area contributed by atoms with Crippen molar-refractivity contribution in [2.45, 2.75) is 58.3 Å². The van der Waals surface area contributed by atoms with E-state index in [0.717, 1.165) is 12.8 Å². The summed E-state index contributed by atoms with van der Waals surface area (Å²) in [7, 11) is 0. The van der Waals surface area contributed by atoms with Crippen molar-refractivity contribution in [1.29, 1.82) is 10.8 Å². The zero-order valence-corrected chi connectivity index (χ0v) is 11.0. The fourth-order valence-corrected chi connectivity index (χ4v) is 1.77. The SMILES string of the molecule is CCCCCCCCCCN(C(=N)N)C(=N)N. The number of rotatable bonds is 9. The first kappa shape index (κ1) is 15.7. The fourth-order valence-electron chi connectivity index (χ4n) is 1.77. The highest BCUT2D eigenvalue weighted by Gasteiger charge is 2.08. The molecule has 0 fully saturated rings. The molecule has 0 saturated carbocycles. The molecule has 0 atom stereocenters. The van der Waals surface area contributed by atoms with Crippen molar-refractivity contribution in [3.05, 3.63) is 0 Å². The third-order valence-electron chi connectivity index (χ3n) is 2.82. The van der Waals surface area contributed by atoms with E-state index in [4.69, 9.17) is 22.3 Å². The standard InChI is InChI=1S/C12H27N5/c1-2-3-4-5-6-7-8-9-10-17(11(13)14)12(15)16/h2-10H2,1H3,(H3,13,14)(H3,15,16). The summed E-state index contributed by atoms with van der Waals surface area (Å²) in [4.78, 5) is 1.33. The molecule has 5 heteroatoms. The average molecular weight is 241 g/mol. The van der Waals surface area contributed by atoms with Gasteiger partial charge in [-0.1, -0.05) is 51.9 Å². The second-order valence-electron chi connectivity index (χ2n) is 4.40. The largest absolute Gasteiger partial charge is 0.370 e. The molecular formula is C12H27N5. The Bertz CT molecular complexity index is 213. The molecule has 5 nitrogen and oxygen atoms in total. The predicted octanol–water partition coefficient (Wildman–Crippen LogP) is 2.22. The van der Waals surface area contributed by atoms with Crippen molar-refractivity contribution in [2.24, 2.45) is 11.5 Å². The van der Waals surface area contributed by atoms with Crippen molar-refractivity contribution in [3.63, 3.8) is 0 Å². The van der Waals surface area contributed by atoms with E-state index in [1.54, 1.807) is 0 Å².